The fourth-order valence-electron chi connectivity index (χ4n) is 1.42. The van der Waals surface area contributed by atoms with Gasteiger partial charge < -0.3 is 20.5 Å². The summed E-state index contributed by atoms with van der Waals surface area (Å²) in [7, 11) is 3.18. The number of carbonyl (C=O) groups is 1. The summed E-state index contributed by atoms with van der Waals surface area (Å²) in [5.41, 5.74) is 5.96. The van der Waals surface area contributed by atoms with Crippen molar-refractivity contribution in [3.8, 4) is 5.75 Å². The minimum Gasteiger partial charge on any atom is -0.497 e. The topological polar surface area (TPSA) is 75.8 Å². The predicted octanol–water partition coefficient (Wildman–Crippen LogP) is 1.12. The lowest BCUT2D eigenvalue weighted by atomic mass is 10.0. The molecule has 0 bridgehead atoms. The number of nitrogens with two attached hydrogens (primary N) is 1. The molecule has 18 heavy (non-hydrogen) atoms. The third-order valence-corrected chi connectivity index (χ3v) is 3.09. The number of hydrogen-bond donors (Lipinski definition) is 2. The van der Waals surface area contributed by atoms with Gasteiger partial charge in [-0.1, -0.05) is 0 Å². The number of amides is 1. The zero-order valence-electron chi connectivity index (χ0n) is 11.2. The van der Waals surface area contributed by atoms with Gasteiger partial charge >= 0.3 is 0 Å². The van der Waals surface area contributed by atoms with Crippen molar-refractivity contribution < 1.29 is 14.6 Å². The number of benzene rings is 1. The number of nitrogen functional groups attached to an aromatic ring is 1. The van der Waals surface area contributed by atoms with E-state index in [1.165, 1.54) is 12.0 Å². The van der Waals surface area contributed by atoms with Gasteiger partial charge in [0.2, 0.25) is 0 Å². The predicted molar refractivity (Wildman–Crippen MR) is 70.7 cm³/mol. The van der Waals surface area contributed by atoms with E-state index in [1.807, 2.05) is 0 Å². The van der Waals surface area contributed by atoms with Gasteiger partial charge in [-0.15, -0.1) is 0 Å². The Kier molecular flexibility index (Phi) is 4.19. The van der Waals surface area contributed by atoms with Gasteiger partial charge in [0.15, 0.2) is 0 Å². The second-order valence-electron chi connectivity index (χ2n) is 4.79. The van der Waals surface area contributed by atoms with E-state index in [1.54, 1.807) is 39.1 Å². The maximum Gasteiger partial charge on any atom is 0.256 e. The molecule has 0 aliphatic rings. The largest absolute Gasteiger partial charge is 0.497 e. The fourth-order valence-corrected chi connectivity index (χ4v) is 1.42. The lowest BCUT2D eigenvalue weighted by Gasteiger charge is -2.34. The molecular weight excluding hydrogens is 232 g/mol. The van der Waals surface area contributed by atoms with E-state index in [2.05, 4.69) is 0 Å². The molecule has 5 nitrogen and oxygen atoms in total. The first-order chi connectivity index (χ1) is 8.33. The van der Waals surface area contributed by atoms with Crippen molar-refractivity contribution in [2.45, 2.75) is 19.4 Å². The molecule has 0 aliphatic carbocycles. The molecule has 0 saturated carbocycles. The second kappa shape index (κ2) is 5.27. The number of aliphatic hydroxyl groups is 1. The Hall–Kier alpha value is -1.75. The summed E-state index contributed by atoms with van der Waals surface area (Å²) in [5.74, 6) is 0.377. The number of likely N-dealkylation sites (N-methyl/N-ethyl adjacent to an activating group) is 1. The van der Waals surface area contributed by atoms with Crippen molar-refractivity contribution >= 4 is 11.6 Å². The van der Waals surface area contributed by atoms with E-state index in [9.17, 15) is 9.90 Å². The Bertz CT molecular complexity index is 444. The molecule has 0 spiro atoms. The van der Waals surface area contributed by atoms with Gasteiger partial charge in [0.1, 0.15) is 5.75 Å². The Labute approximate surface area is 107 Å². The summed E-state index contributed by atoms with van der Waals surface area (Å²) in [4.78, 5) is 13.7. The molecule has 0 saturated heterocycles. The molecular formula is C13H20N2O3. The van der Waals surface area contributed by atoms with Crippen LogP contribution >= 0.6 is 0 Å². The van der Waals surface area contributed by atoms with E-state index in [0.717, 1.165) is 0 Å². The molecule has 0 unspecified atom stereocenters. The molecule has 5 heteroatoms. The van der Waals surface area contributed by atoms with Crippen molar-refractivity contribution in [1.29, 1.82) is 0 Å². The third-order valence-electron chi connectivity index (χ3n) is 3.09. The van der Waals surface area contributed by atoms with Crippen molar-refractivity contribution in [3.05, 3.63) is 23.8 Å². The van der Waals surface area contributed by atoms with Crippen LogP contribution < -0.4 is 10.5 Å². The van der Waals surface area contributed by atoms with Crippen LogP contribution in [0.15, 0.2) is 18.2 Å². The van der Waals surface area contributed by atoms with Crippen LogP contribution in [0.3, 0.4) is 0 Å². The second-order valence-corrected chi connectivity index (χ2v) is 4.79. The summed E-state index contributed by atoms with van der Waals surface area (Å²) in [6, 6.07) is 4.91. The number of methoxy groups -OCH3 is 1. The Morgan fingerprint density at radius 3 is 2.56 bits per heavy atom. The van der Waals surface area contributed by atoms with E-state index in [-0.39, 0.29) is 12.5 Å². The molecule has 0 fully saturated rings. The lowest BCUT2D eigenvalue weighted by molar-refractivity contribution is 0.0474. The van der Waals surface area contributed by atoms with Crippen molar-refractivity contribution in [3.63, 3.8) is 0 Å². The van der Waals surface area contributed by atoms with Crippen LogP contribution in [0.4, 0.5) is 5.69 Å². The summed E-state index contributed by atoms with van der Waals surface area (Å²) in [6.45, 7) is 3.44. The third kappa shape index (κ3) is 2.73. The summed E-state index contributed by atoms with van der Waals surface area (Å²) in [5, 5.41) is 9.27. The standard InChI is InChI=1S/C13H20N2O3/c1-13(2,8-16)15(3)12(17)10-6-5-9(18-4)7-11(10)14/h5-7,16H,8,14H2,1-4H3. The zero-order valence-corrected chi connectivity index (χ0v) is 11.2. The van der Waals surface area contributed by atoms with Crippen LogP contribution in [-0.4, -0.2) is 42.2 Å². The first kappa shape index (κ1) is 14.3. The van der Waals surface area contributed by atoms with Crippen LogP contribution in [0, 0.1) is 0 Å². The molecule has 100 valence electrons. The number of hydrogen-bond acceptors (Lipinski definition) is 4. The smallest absolute Gasteiger partial charge is 0.256 e. The maximum atomic E-state index is 12.3. The SMILES string of the molecule is COc1ccc(C(=O)N(C)C(C)(C)CO)c(N)c1. The minimum absolute atomic E-state index is 0.120. The average Bonchev–Trinajstić information content (AvgIpc) is 2.36. The van der Waals surface area contributed by atoms with Crippen molar-refractivity contribution in [2.75, 3.05) is 26.5 Å². The van der Waals surface area contributed by atoms with Crippen LogP contribution in [0.1, 0.15) is 24.2 Å². The molecule has 0 atom stereocenters. The number of carbonyl (C=O) groups excluding carboxylic acids is 1. The highest BCUT2D eigenvalue weighted by Crippen LogP contribution is 2.23. The van der Waals surface area contributed by atoms with Crippen LogP contribution in [0.5, 0.6) is 5.75 Å². The molecule has 0 aliphatic heterocycles. The Morgan fingerprint density at radius 1 is 1.50 bits per heavy atom. The van der Waals surface area contributed by atoms with Gasteiger partial charge in [-0.05, 0) is 26.0 Å². The molecule has 0 radical (unpaired) electrons. The highest BCUT2D eigenvalue weighted by Gasteiger charge is 2.28. The fraction of sp³-hybridized carbons (Fsp3) is 0.462. The lowest BCUT2D eigenvalue weighted by Crippen LogP contribution is -2.47. The number of anilines is 1. The van der Waals surface area contributed by atoms with E-state index in [4.69, 9.17) is 10.5 Å². The first-order valence-corrected chi connectivity index (χ1v) is 5.66. The highest BCUT2D eigenvalue weighted by atomic mass is 16.5. The van der Waals surface area contributed by atoms with Gasteiger partial charge in [0, 0.05) is 18.8 Å². The Balaban J connectivity index is 3.04. The van der Waals surface area contributed by atoms with Crippen LogP contribution in [0.25, 0.3) is 0 Å². The molecule has 0 aromatic heterocycles. The maximum absolute atomic E-state index is 12.3. The number of nitrogens with zero attached hydrogens (tertiary/aromatic N) is 1. The van der Waals surface area contributed by atoms with E-state index in [0.29, 0.717) is 17.0 Å². The van der Waals surface area contributed by atoms with E-state index >= 15 is 0 Å². The Morgan fingerprint density at radius 2 is 2.11 bits per heavy atom. The van der Waals surface area contributed by atoms with E-state index < -0.39 is 5.54 Å². The summed E-state index contributed by atoms with van der Waals surface area (Å²) in [6.07, 6.45) is 0. The molecule has 3 N–H and O–H groups in total. The van der Waals surface area contributed by atoms with Gasteiger partial charge in [-0.2, -0.15) is 0 Å². The normalized spacial score (nSPS) is 11.2. The number of ether oxygens (including phenoxy) is 1. The van der Waals surface area contributed by atoms with Crippen LogP contribution in [-0.2, 0) is 0 Å². The quantitative estimate of drug-likeness (QED) is 0.787. The van der Waals surface area contributed by atoms with Crippen molar-refractivity contribution in [1.82, 2.24) is 4.90 Å². The zero-order chi connectivity index (χ0) is 13.9. The number of aliphatic hydroxyl groups excluding tert-OH is 1. The molecule has 0 heterocycles. The van der Waals surface area contributed by atoms with Gasteiger partial charge in [0.05, 0.1) is 24.8 Å². The molecule has 1 aromatic rings. The number of rotatable bonds is 4. The van der Waals surface area contributed by atoms with Crippen LogP contribution in [0.2, 0.25) is 0 Å². The first-order valence-electron chi connectivity index (χ1n) is 5.66. The van der Waals surface area contributed by atoms with Gasteiger partial charge in [-0.3, -0.25) is 4.79 Å². The minimum atomic E-state index is -0.635. The molecule has 1 amide bonds. The summed E-state index contributed by atoms with van der Waals surface area (Å²) < 4.78 is 5.03. The summed E-state index contributed by atoms with van der Waals surface area (Å²) >= 11 is 0. The van der Waals surface area contributed by atoms with Crippen molar-refractivity contribution in [2.24, 2.45) is 0 Å². The van der Waals surface area contributed by atoms with Gasteiger partial charge in [0.25, 0.3) is 5.91 Å². The highest BCUT2D eigenvalue weighted by molar-refractivity contribution is 5.99. The molecule has 1 aromatic carbocycles. The monoisotopic (exact) mass is 252 g/mol. The molecule has 1 rings (SSSR count). The average molecular weight is 252 g/mol. The van der Waals surface area contributed by atoms with Gasteiger partial charge in [-0.25, -0.2) is 0 Å².